The van der Waals surface area contributed by atoms with Crippen molar-refractivity contribution in [3.8, 4) is 33.1 Å². The van der Waals surface area contributed by atoms with Gasteiger partial charge in [-0.05, 0) is 92.6 Å². The number of nitrogens with zero attached hydrogens (tertiary/aromatic N) is 1. The summed E-state index contributed by atoms with van der Waals surface area (Å²) in [5.74, 6) is -0.698. The van der Waals surface area contributed by atoms with E-state index in [1.54, 1.807) is 68.5 Å². The Hall–Kier alpha value is -5.43. The average molecular weight is 757 g/mol. The van der Waals surface area contributed by atoms with Crippen LogP contribution in [-0.2, 0) is 22.4 Å². The van der Waals surface area contributed by atoms with Gasteiger partial charge in [0.25, 0.3) is 11.8 Å². The topological polar surface area (TPSA) is 154 Å². The zero-order valence-electron chi connectivity index (χ0n) is 31.7. The van der Waals surface area contributed by atoms with Crippen LogP contribution in [0, 0.1) is 0 Å². The number of pyridine rings is 1. The Morgan fingerprint density at radius 3 is 2.46 bits per heavy atom. The molecule has 3 heterocycles. The van der Waals surface area contributed by atoms with Crippen molar-refractivity contribution in [1.29, 1.82) is 0 Å². The molecule has 2 aromatic carbocycles. The molecule has 1 aliphatic heterocycles. The van der Waals surface area contributed by atoms with Crippen LogP contribution in [0.3, 0.4) is 0 Å². The Bertz CT molecular complexity index is 2000. The van der Waals surface area contributed by atoms with Gasteiger partial charge in [-0.15, -0.1) is 11.3 Å². The number of unbranched alkanes of at least 4 members (excludes halogenated alkanes) is 2. The standard InChI is InChI=1S/C41H48N4O8S/c1-7-9-10-18-51-34-21-25(24-43-40(49)53-41(3,4)5)11-13-31(34)45-37(46)29-22-30-33(52-19-15-26-16-20-54-36(26)30)23-28(29)27-12-14-32(38(47)42-17-8-2)44-35(27)39(48)50-6/h11-14,16,20-23H,7-10,15,17-19,24H2,1-6H3,(H,42,47)(H,43,49)(H,45,46). The number of methoxy groups -OCH3 is 1. The number of fused-ring (bicyclic) bond motifs is 3. The summed E-state index contributed by atoms with van der Waals surface area (Å²) in [6.45, 7) is 10.9. The second-order valence-corrected chi connectivity index (χ2v) is 14.7. The SMILES string of the molecule is CCCCCOc1cc(CNC(=O)OC(C)(C)C)ccc1NC(=O)c1cc2c(cc1-c1ccc(C(=O)NCCC)nc1C(=O)OC)OCCc1ccsc1-2. The van der Waals surface area contributed by atoms with E-state index in [4.69, 9.17) is 18.9 Å². The molecule has 0 saturated heterocycles. The van der Waals surface area contributed by atoms with Crippen LogP contribution in [0.5, 0.6) is 11.5 Å². The van der Waals surface area contributed by atoms with Crippen molar-refractivity contribution >= 4 is 40.9 Å². The number of ether oxygens (including phenoxy) is 4. The molecule has 12 nitrogen and oxygen atoms in total. The molecular formula is C41H48N4O8S. The number of hydrogen-bond acceptors (Lipinski definition) is 10. The van der Waals surface area contributed by atoms with Crippen molar-refractivity contribution in [2.45, 2.75) is 78.9 Å². The lowest BCUT2D eigenvalue weighted by molar-refractivity contribution is 0.0521. The Labute approximate surface area is 320 Å². The molecule has 1 aliphatic rings. The van der Waals surface area contributed by atoms with Crippen molar-refractivity contribution in [2.24, 2.45) is 0 Å². The largest absolute Gasteiger partial charge is 0.493 e. The minimum atomic E-state index is -0.767. The fourth-order valence-corrected chi connectivity index (χ4v) is 6.80. The van der Waals surface area contributed by atoms with Gasteiger partial charge in [-0.25, -0.2) is 14.6 Å². The molecule has 0 bridgehead atoms. The van der Waals surface area contributed by atoms with Crippen LogP contribution < -0.4 is 25.4 Å². The second kappa shape index (κ2) is 18.1. The molecule has 3 amide bonds. The molecule has 0 radical (unpaired) electrons. The summed E-state index contributed by atoms with van der Waals surface area (Å²) in [6.07, 6.45) is 3.67. The number of thiophene rings is 1. The van der Waals surface area contributed by atoms with E-state index < -0.39 is 29.5 Å². The van der Waals surface area contributed by atoms with Crippen LogP contribution in [0.4, 0.5) is 10.5 Å². The third-order valence-corrected chi connectivity index (χ3v) is 9.44. The molecule has 0 unspecified atom stereocenters. The molecule has 2 aromatic heterocycles. The van der Waals surface area contributed by atoms with Gasteiger partial charge in [0.2, 0.25) is 0 Å². The van der Waals surface area contributed by atoms with Gasteiger partial charge >= 0.3 is 12.1 Å². The van der Waals surface area contributed by atoms with E-state index in [1.165, 1.54) is 13.2 Å². The minimum Gasteiger partial charge on any atom is -0.493 e. The van der Waals surface area contributed by atoms with Gasteiger partial charge in [-0.2, -0.15) is 0 Å². The summed E-state index contributed by atoms with van der Waals surface area (Å²) in [5.41, 5.74) is 3.18. The van der Waals surface area contributed by atoms with Crippen molar-refractivity contribution in [1.82, 2.24) is 15.6 Å². The number of carbonyl (C=O) groups excluding carboxylic acids is 4. The second-order valence-electron chi connectivity index (χ2n) is 13.8. The third kappa shape index (κ3) is 9.95. The molecular weight excluding hydrogens is 709 g/mol. The number of hydrogen-bond donors (Lipinski definition) is 3. The van der Waals surface area contributed by atoms with E-state index >= 15 is 0 Å². The van der Waals surface area contributed by atoms with Crippen LogP contribution >= 0.6 is 11.3 Å². The Morgan fingerprint density at radius 2 is 1.72 bits per heavy atom. The summed E-state index contributed by atoms with van der Waals surface area (Å²) in [4.78, 5) is 58.4. The number of nitrogens with one attached hydrogen (secondary N) is 3. The molecule has 4 aromatic rings. The fourth-order valence-electron chi connectivity index (χ4n) is 5.82. The number of rotatable bonds is 14. The first-order valence-corrected chi connectivity index (χ1v) is 19.1. The first-order valence-electron chi connectivity index (χ1n) is 18.2. The maximum atomic E-state index is 14.6. The molecule has 3 N–H and O–H groups in total. The summed E-state index contributed by atoms with van der Waals surface area (Å²) < 4.78 is 22.9. The van der Waals surface area contributed by atoms with E-state index in [2.05, 4.69) is 33.9 Å². The molecule has 5 rings (SSSR count). The van der Waals surface area contributed by atoms with Gasteiger partial charge in [0.05, 0.1) is 26.0 Å². The molecule has 0 aliphatic carbocycles. The number of esters is 1. The molecule has 0 atom stereocenters. The molecule has 0 spiro atoms. The normalized spacial score (nSPS) is 12.0. The molecule has 0 fully saturated rings. The van der Waals surface area contributed by atoms with Crippen LogP contribution in [0.25, 0.3) is 21.6 Å². The predicted octanol–water partition coefficient (Wildman–Crippen LogP) is 8.18. The quantitative estimate of drug-likeness (QED) is 0.0854. The van der Waals surface area contributed by atoms with Crippen LogP contribution in [0.1, 0.15) is 103 Å². The van der Waals surface area contributed by atoms with E-state index in [0.717, 1.165) is 47.3 Å². The van der Waals surface area contributed by atoms with Gasteiger partial charge in [-0.3, -0.25) is 9.59 Å². The number of benzene rings is 2. The highest BCUT2D eigenvalue weighted by atomic mass is 32.1. The fraction of sp³-hybridized carbons (Fsp3) is 0.390. The van der Waals surface area contributed by atoms with Gasteiger partial charge in [0.15, 0.2) is 5.69 Å². The molecule has 0 saturated carbocycles. The van der Waals surface area contributed by atoms with Gasteiger partial charge < -0.3 is 34.9 Å². The number of carbonyl (C=O) groups is 4. The van der Waals surface area contributed by atoms with E-state index in [-0.39, 0.29) is 23.5 Å². The number of anilines is 1. The summed E-state index contributed by atoms with van der Waals surface area (Å²) in [7, 11) is 1.23. The van der Waals surface area contributed by atoms with Crippen molar-refractivity contribution in [3.63, 3.8) is 0 Å². The lowest BCUT2D eigenvalue weighted by atomic mass is 9.93. The first-order chi connectivity index (χ1) is 25.9. The Balaban J connectivity index is 1.57. The van der Waals surface area contributed by atoms with E-state index in [1.807, 2.05) is 12.3 Å². The minimum absolute atomic E-state index is 0.0407. The van der Waals surface area contributed by atoms with Crippen LogP contribution in [-0.4, -0.2) is 61.3 Å². The lowest BCUT2D eigenvalue weighted by Gasteiger charge is -2.20. The number of alkyl carbamates (subject to hydrolysis) is 1. The highest BCUT2D eigenvalue weighted by Crippen LogP contribution is 2.43. The zero-order chi connectivity index (χ0) is 38.8. The third-order valence-electron chi connectivity index (χ3n) is 8.45. The number of aromatic nitrogens is 1. The summed E-state index contributed by atoms with van der Waals surface area (Å²) in [6, 6.07) is 14.0. The maximum absolute atomic E-state index is 14.6. The van der Waals surface area contributed by atoms with Crippen LogP contribution in [0.15, 0.2) is 53.9 Å². The van der Waals surface area contributed by atoms with Crippen LogP contribution in [0.2, 0.25) is 0 Å². The van der Waals surface area contributed by atoms with Crippen molar-refractivity contribution < 1.29 is 38.1 Å². The molecule has 13 heteroatoms. The Kier molecular flexibility index (Phi) is 13.3. The smallest absolute Gasteiger partial charge is 0.407 e. The van der Waals surface area contributed by atoms with Crippen molar-refractivity contribution in [2.75, 3.05) is 32.2 Å². The van der Waals surface area contributed by atoms with Gasteiger partial charge in [0, 0.05) is 46.6 Å². The maximum Gasteiger partial charge on any atom is 0.407 e. The lowest BCUT2D eigenvalue weighted by Crippen LogP contribution is -2.32. The van der Waals surface area contributed by atoms with E-state index in [0.29, 0.717) is 54.5 Å². The van der Waals surface area contributed by atoms with E-state index in [9.17, 15) is 19.2 Å². The Morgan fingerprint density at radius 1 is 0.907 bits per heavy atom. The number of amides is 3. The first kappa shape index (κ1) is 39.8. The van der Waals surface area contributed by atoms with Gasteiger partial charge in [-0.1, -0.05) is 32.8 Å². The average Bonchev–Trinajstić information content (AvgIpc) is 3.55. The summed E-state index contributed by atoms with van der Waals surface area (Å²) in [5, 5.41) is 10.6. The molecule has 54 heavy (non-hydrogen) atoms. The predicted molar refractivity (Wildman–Crippen MR) is 209 cm³/mol. The van der Waals surface area contributed by atoms with Crippen molar-refractivity contribution in [3.05, 3.63) is 82.0 Å². The zero-order valence-corrected chi connectivity index (χ0v) is 32.5. The summed E-state index contributed by atoms with van der Waals surface area (Å²) >= 11 is 1.56. The molecule has 286 valence electrons. The highest BCUT2D eigenvalue weighted by molar-refractivity contribution is 7.13. The highest BCUT2D eigenvalue weighted by Gasteiger charge is 2.27. The monoisotopic (exact) mass is 756 g/mol. The van der Waals surface area contributed by atoms with Gasteiger partial charge in [0.1, 0.15) is 22.8 Å².